The number of carbonyl (C=O) groups is 1. The van der Waals surface area contributed by atoms with Gasteiger partial charge in [-0.3, -0.25) is 4.79 Å². The number of anilines is 1. The first-order chi connectivity index (χ1) is 9.70. The molecular weight excluding hydrogens is 263 g/mol. The molecule has 6 nitrogen and oxygen atoms in total. The van der Waals surface area contributed by atoms with Crippen molar-refractivity contribution in [3.63, 3.8) is 0 Å². The summed E-state index contributed by atoms with van der Waals surface area (Å²) < 4.78 is 18.1. The van der Waals surface area contributed by atoms with Crippen LogP contribution in [0.25, 0.3) is 0 Å². The average Bonchev–Trinajstić information content (AvgIpc) is 2.96. The van der Waals surface area contributed by atoms with Crippen molar-refractivity contribution in [1.82, 2.24) is 15.5 Å². The van der Waals surface area contributed by atoms with Crippen LogP contribution in [0.5, 0.6) is 0 Å². The van der Waals surface area contributed by atoms with Crippen molar-refractivity contribution in [2.45, 2.75) is 19.9 Å². The van der Waals surface area contributed by atoms with Crippen molar-refractivity contribution >= 4 is 11.7 Å². The highest BCUT2D eigenvalue weighted by Crippen LogP contribution is 2.14. The zero-order valence-electron chi connectivity index (χ0n) is 11.0. The molecule has 7 heteroatoms. The van der Waals surface area contributed by atoms with Gasteiger partial charge in [-0.05, 0) is 12.5 Å². The number of nitrogens with one attached hydrogen (secondary N) is 2. The van der Waals surface area contributed by atoms with Gasteiger partial charge in [-0.15, -0.1) is 0 Å². The fourth-order valence-corrected chi connectivity index (χ4v) is 1.59. The molecule has 0 bridgehead atoms. The maximum absolute atomic E-state index is 13.2. The molecule has 0 aliphatic heterocycles. The van der Waals surface area contributed by atoms with Gasteiger partial charge in [-0.1, -0.05) is 12.1 Å². The summed E-state index contributed by atoms with van der Waals surface area (Å²) in [6.07, 6.45) is 3.43. The lowest BCUT2D eigenvalue weighted by Gasteiger charge is -2.10. The molecule has 0 unspecified atom stereocenters. The normalized spacial score (nSPS) is 10.3. The molecule has 2 heterocycles. The van der Waals surface area contributed by atoms with Gasteiger partial charge < -0.3 is 15.2 Å². The minimum Gasteiger partial charge on any atom is -0.369 e. The van der Waals surface area contributed by atoms with Crippen LogP contribution in [0.3, 0.4) is 0 Å². The van der Waals surface area contributed by atoms with Crippen molar-refractivity contribution in [2.75, 3.05) is 11.9 Å². The topological polar surface area (TPSA) is 80.0 Å². The molecule has 2 rings (SSSR count). The molecule has 2 aromatic rings. The van der Waals surface area contributed by atoms with Gasteiger partial charge in [0.05, 0.1) is 24.5 Å². The lowest BCUT2D eigenvalue weighted by molar-refractivity contribution is 0.0947. The highest BCUT2D eigenvalue weighted by Gasteiger charge is 2.14. The fourth-order valence-electron chi connectivity index (χ4n) is 1.59. The molecule has 0 saturated carbocycles. The third-order valence-electron chi connectivity index (χ3n) is 2.56. The lowest BCUT2D eigenvalue weighted by Crippen LogP contribution is -2.24. The first-order valence-corrected chi connectivity index (χ1v) is 6.28. The van der Waals surface area contributed by atoms with E-state index in [0.29, 0.717) is 18.1 Å². The van der Waals surface area contributed by atoms with E-state index in [1.807, 2.05) is 6.92 Å². The van der Waals surface area contributed by atoms with Gasteiger partial charge in [0.15, 0.2) is 5.76 Å². The number of hydrogen-bond donors (Lipinski definition) is 2. The molecule has 1 amide bonds. The van der Waals surface area contributed by atoms with Crippen molar-refractivity contribution in [3.05, 3.63) is 41.7 Å². The van der Waals surface area contributed by atoms with E-state index in [4.69, 9.17) is 4.52 Å². The summed E-state index contributed by atoms with van der Waals surface area (Å²) in [4.78, 5) is 16.0. The van der Waals surface area contributed by atoms with E-state index in [1.54, 1.807) is 6.07 Å². The van der Waals surface area contributed by atoms with E-state index in [0.717, 1.165) is 18.7 Å². The smallest absolute Gasteiger partial charge is 0.255 e. The van der Waals surface area contributed by atoms with Gasteiger partial charge in [0.1, 0.15) is 11.6 Å². The minimum absolute atomic E-state index is 0.165. The van der Waals surface area contributed by atoms with Gasteiger partial charge in [0.2, 0.25) is 0 Å². The average molecular weight is 278 g/mol. The van der Waals surface area contributed by atoms with E-state index in [1.165, 1.54) is 6.20 Å². The summed E-state index contributed by atoms with van der Waals surface area (Å²) in [7, 11) is 0. The van der Waals surface area contributed by atoms with E-state index < -0.39 is 11.7 Å². The highest BCUT2D eigenvalue weighted by atomic mass is 19.1. The number of carbonyl (C=O) groups excluding carboxylic acids is 1. The maximum atomic E-state index is 13.2. The molecule has 106 valence electrons. The number of rotatable bonds is 6. The van der Waals surface area contributed by atoms with Crippen LogP contribution in [0.4, 0.5) is 10.2 Å². The van der Waals surface area contributed by atoms with Crippen LogP contribution >= 0.6 is 0 Å². The monoisotopic (exact) mass is 278 g/mol. The number of aromatic nitrogens is 2. The van der Waals surface area contributed by atoms with Crippen molar-refractivity contribution in [3.8, 4) is 0 Å². The summed E-state index contributed by atoms with van der Waals surface area (Å²) in [5.74, 6) is -0.0991. The Labute approximate surface area is 115 Å². The molecule has 20 heavy (non-hydrogen) atoms. The number of hydrogen-bond acceptors (Lipinski definition) is 5. The Morgan fingerprint density at radius 1 is 1.50 bits per heavy atom. The SMILES string of the molecule is CCCNc1ncc(F)cc1C(=O)NCc1ccno1. The maximum Gasteiger partial charge on any atom is 0.255 e. The van der Waals surface area contributed by atoms with Crippen LogP contribution in [0.2, 0.25) is 0 Å². The Hall–Kier alpha value is -2.44. The van der Waals surface area contributed by atoms with Gasteiger partial charge in [-0.2, -0.15) is 0 Å². The second-order valence-corrected chi connectivity index (χ2v) is 4.14. The molecular formula is C13H15FN4O2. The Morgan fingerprint density at radius 2 is 2.35 bits per heavy atom. The largest absolute Gasteiger partial charge is 0.369 e. The van der Waals surface area contributed by atoms with Gasteiger partial charge in [0, 0.05) is 12.6 Å². The summed E-state index contributed by atoms with van der Waals surface area (Å²) in [6.45, 7) is 2.82. The van der Waals surface area contributed by atoms with Crippen LogP contribution in [0.15, 0.2) is 29.0 Å². The summed E-state index contributed by atoms with van der Waals surface area (Å²) in [5.41, 5.74) is 0.165. The van der Waals surface area contributed by atoms with Gasteiger partial charge >= 0.3 is 0 Å². The molecule has 2 N–H and O–H groups in total. The van der Waals surface area contributed by atoms with Crippen LogP contribution in [0, 0.1) is 5.82 Å². The van der Waals surface area contributed by atoms with Gasteiger partial charge in [0.25, 0.3) is 5.91 Å². The lowest BCUT2D eigenvalue weighted by atomic mass is 10.2. The summed E-state index contributed by atoms with van der Waals surface area (Å²) in [5, 5.41) is 9.15. The predicted octanol–water partition coefficient (Wildman–Crippen LogP) is 1.96. The second-order valence-electron chi connectivity index (χ2n) is 4.14. The van der Waals surface area contributed by atoms with E-state index in [-0.39, 0.29) is 12.1 Å². The molecule has 0 aromatic carbocycles. The Balaban J connectivity index is 2.08. The molecule has 0 spiro atoms. The zero-order chi connectivity index (χ0) is 14.4. The van der Waals surface area contributed by atoms with Crippen molar-refractivity contribution in [1.29, 1.82) is 0 Å². The number of pyridine rings is 1. The predicted molar refractivity (Wildman–Crippen MR) is 70.6 cm³/mol. The molecule has 0 radical (unpaired) electrons. The summed E-state index contributed by atoms with van der Waals surface area (Å²) in [6, 6.07) is 2.79. The Kier molecular flexibility index (Phi) is 4.65. The standard InChI is InChI=1S/C13H15FN4O2/c1-2-4-15-12-11(6-9(14)7-16-12)13(19)17-8-10-3-5-18-20-10/h3,5-7H,2,4,8H2,1H3,(H,15,16)(H,17,19). The second kappa shape index (κ2) is 6.65. The summed E-state index contributed by atoms with van der Waals surface area (Å²) >= 11 is 0. The molecule has 0 aliphatic carbocycles. The van der Waals surface area contributed by atoms with Crippen LogP contribution in [-0.2, 0) is 6.54 Å². The first-order valence-electron chi connectivity index (χ1n) is 6.28. The molecule has 2 aromatic heterocycles. The fraction of sp³-hybridized carbons (Fsp3) is 0.308. The van der Waals surface area contributed by atoms with Gasteiger partial charge in [-0.25, -0.2) is 9.37 Å². The Morgan fingerprint density at radius 3 is 3.05 bits per heavy atom. The third-order valence-corrected chi connectivity index (χ3v) is 2.56. The van der Waals surface area contributed by atoms with Crippen LogP contribution < -0.4 is 10.6 Å². The third kappa shape index (κ3) is 3.53. The molecule has 0 aliphatic rings. The molecule has 0 saturated heterocycles. The van der Waals surface area contributed by atoms with E-state index in [9.17, 15) is 9.18 Å². The van der Waals surface area contributed by atoms with Crippen molar-refractivity contribution < 1.29 is 13.7 Å². The van der Waals surface area contributed by atoms with E-state index in [2.05, 4.69) is 20.8 Å². The quantitative estimate of drug-likeness (QED) is 0.844. The van der Waals surface area contributed by atoms with Crippen molar-refractivity contribution in [2.24, 2.45) is 0 Å². The first kappa shape index (κ1) is 14.0. The molecule has 0 atom stereocenters. The molecule has 0 fully saturated rings. The van der Waals surface area contributed by atoms with Crippen LogP contribution in [-0.4, -0.2) is 22.6 Å². The highest BCUT2D eigenvalue weighted by molar-refractivity contribution is 5.98. The zero-order valence-corrected chi connectivity index (χ0v) is 11.0. The van der Waals surface area contributed by atoms with Crippen LogP contribution in [0.1, 0.15) is 29.5 Å². The minimum atomic E-state index is -0.558. The number of halogens is 1. The van der Waals surface area contributed by atoms with E-state index >= 15 is 0 Å². The number of nitrogens with zero attached hydrogens (tertiary/aromatic N) is 2. The number of amides is 1. The Bertz CT molecular complexity index is 572.